The number of hydrogen-bond donors (Lipinski definition) is 0. The summed E-state index contributed by atoms with van der Waals surface area (Å²) in [7, 11) is 0. The Labute approximate surface area is 128 Å². The van der Waals surface area contributed by atoms with Gasteiger partial charge in [0.15, 0.2) is 0 Å². The molecule has 1 aromatic carbocycles. The van der Waals surface area contributed by atoms with Crippen LogP contribution < -0.4 is 0 Å². The Bertz CT molecular complexity index is 652. The van der Waals surface area contributed by atoms with Crippen molar-refractivity contribution in [1.29, 1.82) is 0 Å². The Balaban J connectivity index is 2.14. The number of carbonyl (C=O) groups is 1. The molecule has 2 aromatic rings. The highest BCUT2D eigenvalue weighted by atomic mass is 35.5. The van der Waals surface area contributed by atoms with Gasteiger partial charge in [0, 0.05) is 13.0 Å². The largest absolute Gasteiger partial charge is 0.299 e. The van der Waals surface area contributed by atoms with Gasteiger partial charge in [-0.3, -0.25) is 9.48 Å². The predicted molar refractivity (Wildman–Crippen MR) is 81.1 cm³/mol. The second kappa shape index (κ2) is 6.85. The Hall–Kier alpha value is -1.68. The molecule has 0 saturated heterocycles. The van der Waals surface area contributed by atoms with Crippen LogP contribution in [0.2, 0.25) is 5.02 Å². The van der Waals surface area contributed by atoms with Crippen molar-refractivity contribution in [2.24, 2.45) is 0 Å². The fraction of sp³-hybridized carbons (Fsp3) is 0.375. The lowest BCUT2D eigenvalue weighted by Crippen LogP contribution is -2.12. The SMILES string of the molecule is CCc1nn(CC)c(CC(=O)Cc2cccc(F)c2)c1Cl. The molecular formula is C16H18ClFN2O. The van der Waals surface area contributed by atoms with Crippen LogP contribution in [0.3, 0.4) is 0 Å². The van der Waals surface area contributed by atoms with Gasteiger partial charge in [-0.25, -0.2) is 4.39 Å². The minimum absolute atomic E-state index is 0.000229. The zero-order valence-electron chi connectivity index (χ0n) is 12.2. The summed E-state index contributed by atoms with van der Waals surface area (Å²) in [6, 6.07) is 6.10. The number of aryl methyl sites for hydroxylation is 2. The van der Waals surface area contributed by atoms with Gasteiger partial charge in [-0.1, -0.05) is 30.7 Å². The van der Waals surface area contributed by atoms with Gasteiger partial charge in [0.25, 0.3) is 0 Å². The first kappa shape index (κ1) is 15.7. The number of rotatable bonds is 6. The molecule has 0 amide bonds. The minimum Gasteiger partial charge on any atom is -0.299 e. The van der Waals surface area contributed by atoms with E-state index in [9.17, 15) is 9.18 Å². The number of Topliss-reactive ketones (excluding diaryl/α,β-unsaturated/α-hetero) is 1. The summed E-state index contributed by atoms with van der Waals surface area (Å²) in [5.74, 6) is -0.329. The molecule has 1 heterocycles. The van der Waals surface area contributed by atoms with Crippen molar-refractivity contribution in [3.8, 4) is 0 Å². The van der Waals surface area contributed by atoms with Gasteiger partial charge in [0.05, 0.1) is 22.8 Å². The average molecular weight is 309 g/mol. The molecule has 0 aliphatic heterocycles. The van der Waals surface area contributed by atoms with Crippen molar-refractivity contribution < 1.29 is 9.18 Å². The van der Waals surface area contributed by atoms with E-state index in [1.807, 2.05) is 13.8 Å². The number of carbonyl (C=O) groups excluding carboxylic acids is 1. The summed E-state index contributed by atoms with van der Waals surface area (Å²) in [5.41, 5.74) is 2.24. The second-order valence-electron chi connectivity index (χ2n) is 4.90. The number of benzene rings is 1. The van der Waals surface area contributed by atoms with Gasteiger partial charge in [-0.05, 0) is 31.0 Å². The third-order valence-electron chi connectivity index (χ3n) is 3.35. The summed E-state index contributed by atoms with van der Waals surface area (Å²) < 4.78 is 14.9. The molecule has 21 heavy (non-hydrogen) atoms. The van der Waals surface area contributed by atoms with Crippen LogP contribution in [-0.4, -0.2) is 15.6 Å². The Morgan fingerprint density at radius 3 is 2.71 bits per heavy atom. The van der Waals surface area contributed by atoms with E-state index >= 15 is 0 Å². The van der Waals surface area contributed by atoms with Crippen molar-refractivity contribution in [3.05, 3.63) is 52.1 Å². The summed E-state index contributed by atoms with van der Waals surface area (Å²) in [5, 5.41) is 4.97. The van der Waals surface area contributed by atoms with Crippen molar-refractivity contribution in [2.75, 3.05) is 0 Å². The van der Waals surface area contributed by atoms with Gasteiger partial charge in [-0.2, -0.15) is 5.10 Å². The van der Waals surface area contributed by atoms with E-state index in [2.05, 4.69) is 5.10 Å². The highest BCUT2D eigenvalue weighted by molar-refractivity contribution is 6.32. The third kappa shape index (κ3) is 3.70. The maximum atomic E-state index is 13.1. The molecule has 0 atom stereocenters. The van der Waals surface area contributed by atoms with Crippen LogP contribution >= 0.6 is 11.6 Å². The smallest absolute Gasteiger partial charge is 0.143 e. The van der Waals surface area contributed by atoms with Crippen molar-refractivity contribution in [2.45, 2.75) is 39.7 Å². The molecular weight excluding hydrogens is 291 g/mol. The van der Waals surface area contributed by atoms with Gasteiger partial charge in [0.1, 0.15) is 11.6 Å². The molecule has 0 saturated carbocycles. The molecule has 0 fully saturated rings. The van der Waals surface area contributed by atoms with Crippen molar-refractivity contribution in [3.63, 3.8) is 0 Å². The van der Waals surface area contributed by atoms with Crippen LogP contribution in [0.1, 0.15) is 30.8 Å². The molecule has 2 rings (SSSR count). The van der Waals surface area contributed by atoms with E-state index in [1.54, 1.807) is 16.8 Å². The normalized spacial score (nSPS) is 10.9. The van der Waals surface area contributed by atoms with E-state index in [0.29, 0.717) is 17.1 Å². The fourth-order valence-electron chi connectivity index (χ4n) is 2.31. The van der Waals surface area contributed by atoms with Gasteiger partial charge in [0.2, 0.25) is 0 Å². The van der Waals surface area contributed by atoms with Crippen LogP contribution in [0, 0.1) is 5.82 Å². The number of hydrogen-bond acceptors (Lipinski definition) is 2. The average Bonchev–Trinajstić information content (AvgIpc) is 2.75. The fourth-order valence-corrected chi connectivity index (χ4v) is 2.65. The van der Waals surface area contributed by atoms with Gasteiger partial charge in [-0.15, -0.1) is 0 Å². The molecule has 0 bridgehead atoms. The molecule has 0 N–H and O–H groups in total. The Morgan fingerprint density at radius 2 is 2.10 bits per heavy atom. The molecule has 0 aliphatic rings. The molecule has 112 valence electrons. The van der Waals surface area contributed by atoms with Crippen LogP contribution in [0.15, 0.2) is 24.3 Å². The third-order valence-corrected chi connectivity index (χ3v) is 3.79. The zero-order chi connectivity index (χ0) is 15.4. The predicted octanol–water partition coefficient (Wildman–Crippen LogP) is 3.61. The van der Waals surface area contributed by atoms with E-state index in [-0.39, 0.29) is 24.4 Å². The maximum absolute atomic E-state index is 13.1. The highest BCUT2D eigenvalue weighted by Crippen LogP contribution is 2.22. The minimum atomic E-state index is -0.329. The molecule has 0 aliphatic carbocycles. The first-order valence-electron chi connectivity index (χ1n) is 7.05. The highest BCUT2D eigenvalue weighted by Gasteiger charge is 2.17. The van der Waals surface area contributed by atoms with Crippen molar-refractivity contribution >= 4 is 17.4 Å². The molecule has 1 aromatic heterocycles. The number of nitrogens with zero attached hydrogens (tertiary/aromatic N) is 2. The van der Waals surface area contributed by atoms with Gasteiger partial charge < -0.3 is 0 Å². The maximum Gasteiger partial charge on any atom is 0.143 e. The first-order valence-corrected chi connectivity index (χ1v) is 7.43. The van der Waals surface area contributed by atoms with Crippen molar-refractivity contribution in [1.82, 2.24) is 9.78 Å². The summed E-state index contributed by atoms with van der Waals surface area (Å²) in [4.78, 5) is 12.2. The number of aromatic nitrogens is 2. The Kier molecular flexibility index (Phi) is 5.12. The van der Waals surface area contributed by atoms with Crippen LogP contribution in [-0.2, 0) is 30.6 Å². The standard InChI is InChI=1S/C16H18ClFN2O/c1-3-14-16(17)15(20(4-2)19-14)10-13(21)9-11-6-5-7-12(18)8-11/h5-8H,3-4,9-10H2,1-2H3. The summed E-state index contributed by atoms with van der Waals surface area (Å²) in [6.07, 6.45) is 1.15. The first-order chi connectivity index (χ1) is 10.0. The molecule has 3 nitrogen and oxygen atoms in total. The summed E-state index contributed by atoms with van der Waals surface area (Å²) in [6.45, 7) is 4.61. The molecule has 5 heteroatoms. The molecule has 0 spiro atoms. The van der Waals surface area contributed by atoms with E-state index in [4.69, 9.17) is 11.6 Å². The van der Waals surface area contributed by atoms with Gasteiger partial charge >= 0.3 is 0 Å². The zero-order valence-corrected chi connectivity index (χ0v) is 13.0. The monoisotopic (exact) mass is 308 g/mol. The lowest BCUT2D eigenvalue weighted by Gasteiger charge is -2.05. The van der Waals surface area contributed by atoms with Crippen LogP contribution in [0.25, 0.3) is 0 Å². The summed E-state index contributed by atoms with van der Waals surface area (Å²) >= 11 is 6.29. The topological polar surface area (TPSA) is 34.9 Å². The van der Waals surface area contributed by atoms with E-state index < -0.39 is 0 Å². The number of halogens is 2. The lowest BCUT2D eigenvalue weighted by atomic mass is 10.1. The van der Waals surface area contributed by atoms with Crippen LogP contribution in [0.5, 0.6) is 0 Å². The van der Waals surface area contributed by atoms with Crippen LogP contribution in [0.4, 0.5) is 4.39 Å². The molecule has 0 unspecified atom stereocenters. The van der Waals surface area contributed by atoms with E-state index in [0.717, 1.165) is 17.8 Å². The van der Waals surface area contributed by atoms with E-state index in [1.165, 1.54) is 12.1 Å². The lowest BCUT2D eigenvalue weighted by molar-refractivity contribution is -0.117. The Morgan fingerprint density at radius 1 is 1.33 bits per heavy atom. The number of ketones is 1. The quantitative estimate of drug-likeness (QED) is 0.817. The molecule has 0 radical (unpaired) electrons. The second-order valence-corrected chi connectivity index (χ2v) is 5.28.